The topological polar surface area (TPSA) is 56.3 Å². The number of halogens is 1. The Balaban J connectivity index is 1.85. The predicted molar refractivity (Wildman–Crippen MR) is 101 cm³/mol. The summed E-state index contributed by atoms with van der Waals surface area (Å²) in [5.74, 6) is -1.91. The van der Waals surface area contributed by atoms with Crippen LogP contribution in [-0.2, 0) is 9.53 Å². The number of hydrogen-bond donors (Lipinski definition) is 0. The molecule has 2 aromatic heterocycles. The van der Waals surface area contributed by atoms with Crippen LogP contribution in [0.15, 0.2) is 54.9 Å². The van der Waals surface area contributed by atoms with Crippen LogP contribution in [0.1, 0.15) is 26.7 Å². The normalized spacial score (nSPS) is 18.6. The molecule has 1 aliphatic carbocycles. The standard InChI is InChI=1S/C20H14ClNO3S/c1-25-20(24)17-16(12-2-4-13(21)5-3-12)14-10-15(26-19(14)18(17)23)11-6-8-22-9-7-11/h2-10,16-17H,1H3/t16-,17?/m1/s1. The van der Waals surface area contributed by atoms with Crippen LogP contribution in [0, 0.1) is 5.92 Å². The maximum absolute atomic E-state index is 13.0. The van der Waals surface area contributed by atoms with Crippen molar-refractivity contribution >= 4 is 34.7 Å². The number of fused-ring (bicyclic) bond motifs is 1. The van der Waals surface area contributed by atoms with Gasteiger partial charge in [0.1, 0.15) is 5.92 Å². The van der Waals surface area contributed by atoms with Crippen LogP contribution in [0.3, 0.4) is 0 Å². The number of carbonyl (C=O) groups is 2. The number of nitrogens with zero attached hydrogens (tertiary/aromatic N) is 1. The Morgan fingerprint density at radius 2 is 1.85 bits per heavy atom. The minimum atomic E-state index is -0.853. The lowest BCUT2D eigenvalue weighted by Gasteiger charge is -2.18. The molecule has 0 radical (unpaired) electrons. The van der Waals surface area contributed by atoms with Gasteiger partial charge in [0.2, 0.25) is 0 Å². The van der Waals surface area contributed by atoms with E-state index in [9.17, 15) is 9.59 Å². The summed E-state index contributed by atoms with van der Waals surface area (Å²) >= 11 is 7.40. The molecule has 2 heterocycles. The Hall–Kier alpha value is -2.50. The number of Topliss-reactive ketones (excluding diaryl/α,β-unsaturated/α-hetero) is 1. The smallest absolute Gasteiger partial charge is 0.317 e. The van der Waals surface area contributed by atoms with E-state index in [1.165, 1.54) is 18.4 Å². The van der Waals surface area contributed by atoms with Gasteiger partial charge in [0, 0.05) is 28.2 Å². The van der Waals surface area contributed by atoms with Crippen LogP contribution < -0.4 is 0 Å². The van der Waals surface area contributed by atoms with Gasteiger partial charge in [-0.1, -0.05) is 23.7 Å². The summed E-state index contributed by atoms with van der Waals surface area (Å²) in [6, 6.07) is 13.1. The molecule has 4 rings (SSSR count). The quantitative estimate of drug-likeness (QED) is 0.490. The van der Waals surface area contributed by atoms with Gasteiger partial charge in [0.15, 0.2) is 5.78 Å². The zero-order valence-corrected chi connectivity index (χ0v) is 15.4. The molecule has 0 amide bonds. The second-order valence-corrected chi connectivity index (χ2v) is 7.51. The first-order valence-corrected chi connectivity index (χ1v) is 9.21. The molecule has 0 N–H and O–H groups in total. The monoisotopic (exact) mass is 383 g/mol. The fourth-order valence-electron chi connectivity index (χ4n) is 3.37. The summed E-state index contributed by atoms with van der Waals surface area (Å²) in [6.07, 6.45) is 3.44. The number of hydrogen-bond acceptors (Lipinski definition) is 5. The number of benzene rings is 1. The summed E-state index contributed by atoms with van der Waals surface area (Å²) in [5.41, 5.74) is 2.73. The zero-order chi connectivity index (χ0) is 18.3. The first kappa shape index (κ1) is 16.9. The second kappa shape index (κ2) is 6.67. The third kappa shape index (κ3) is 2.73. The van der Waals surface area contributed by atoms with E-state index in [-0.39, 0.29) is 11.7 Å². The molecule has 1 aromatic carbocycles. The SMILES string of the molecule is COC(=O)C1C(=O)c2sc(-c3ccncc3)cc2[C@H]1c1ccc(Cl)cc1. The zero-order valence-electron chi connectivity index (χ0n) is 13.8. The van der Waals surface area contributed by atoms with E-state index in [4.69, 9.17) is 16.3 Å². The van der Waals surface area contributed by atoms with E-state index >= 15 is 0 Å². The highest BCUT2D eigenvalue weighted by Gasteiger charge is 2.47. The average Bonchev–Trinajstić information content (AvgIpc) is 3.21. The Bertz CT molecular complexity index is 982. The molecule has 0 aliphatic heterocycles. The molecule has 1 unspecified atom stereocenters. The maximum Gasteiger partial charge on any atom is 0.317 e. The Morgan fingerprint density at radius 1 is 1.15 bits per heavy atom. The number of ketones is 1. The van der Waals surface area contributed by atoms with Crippen molar-refractivity contribution in [3.63, 3.8) is 0 Å². The molecule has 0 bridgehead atoms. The number of thiophene rings is 1. The molecule has 0 fully saturated rings. The van der Waals surface area contributed by atoms with Gasteiger partial charge in [-0.15, -0.1) is 11.3 Å². The highest BCUT2D eigenvalue weighted by atomic mass is 35.5. The number of aromatic nitrogens is 1. The lowest BCUT2D eigenvalue weighted by Crippen LogP contribution is -2.26. The number of esters is 1. The fourth-order valence-corrected chi connectivity index (χ4v) is 4.69. The highest BCUT2D eigenvalue weighted by Crippen LogP contribution is 2.48. The van der Waals surface area contributed by atoms with Crippen LogP contribution >= 0.6 is 22.9 Å². The summed E-state index contributed by atoms with van der Waals surface area (Å²) in [6.45, 7) is 0. The molecular weight excluding hydrogens is 370 g/mol. The number of pyridine rings is 1. The van der Waals surface area contributed by atoms with Crippen LogP contribution in [-0.4, -0.2) is 23.8 Å². The Labute approximate surface area is 159 Å². The molecule has 0 saturated carbocycles. The maximum atomic E-state index is 13.0. The van der Waals surface area contributed by atoms with Gasteiger partial charge in [-0.05, 0) is 47.0 Å². The van der Waals surface area contributed by atoms with Crippen molar-refractivity contribution in [1.29, 1.82) is 0 Å². The summed E-state index contributed by atoms with van der Waals surface area (Å²) in [7, 11) is 1.31. The summed E-state index contributed by atoms with van der Waals surface area (Å²) in [5, 5.41) is 0.607. The number of carbonyl (C=O) groups excluding carboxylic acids is 2. The van der Waals surface area contributed by atoms with E-state index in [0.29, 0.717) is 9.90 Å². The van der Waals surface area contributed by atoms with Gasteiger partial charge in [0.05, 0.1) is 12.0 Å². The third-order valence-corrected chi connectivity index (χ3v) is 6.05. The van der Waals surface area contributed by atoms with Crippen molar-refractivity contribution in [2.24, 2.45) is 5.92 Å². The van der Waals surface area contributed by atoms with E-state index in [1.807, 2.05) is 30.3 Å². The molecule has 0 saturated heterocycles. The molecule has 3 aromatic rings. The van der Waals surface area contributed by atoms with E-state index in [2.05, 4.69) is 4.98 Å². The van der Waals surface area contributed by atoms with Gasteiger partial charge in [-0.25, -0.2) is 0 Å². The van der Waals surface area contributed by atoms with Crippen molar-refractivity contribution in [2.45, 2.75) is 5.92 Å². The van der Waals surface area contributed by atoms with Crippen LogP contribution in [0.25, 0.3) is 10.4 Å². The van der Waals surface area contributed by atoms with Gasteiger partial charge in [-0.2, -0.15) is 0 Å². The fraction of sp³-hybridized carbons (Fsp3) is 0.150. The van der Waals surface area contributed by atoms with Crippen LogP contribution in [0.4, 0.5) is 0 Å². The molecule has 26 heavy (non-hydrogen) atoms. The summed E-state index contributed by atoms with van der Waals surface area (Å²) < 4.78 is 4.91. The lowest BCUT2D eigenvalue weighted by atomic mass is 9.85. The van der Waals surface area contributed by atoms with Gasteiger partial charge >= 0.3 is 5.97 Å². The number of rotatable bonds is 3. The third-order valence-electron chi connectivity index (χ3n) is 4.58. The van der Waals surface area contributed by atoms with Crippen molar-refractivity contribution in [2.75, 3.05) is 7.11 Å². The molecule has 130 valence electrons. The molecule has 2 atom stereocenters. The van der Waals surface area contributed by atoms with Gasteiger partial charge in [0.25, 0.3) is 0 Å². The molecule has 4 nitrogen and oxygen atoms in total. The second-order valence-electron chi connectivity index (χ2n) is 6.03. The lowest BCUT2D eigenvalue weighted by molar-refractivity contribution is -0.143. The Morgan fingerprint density at radius 3 is 2.50 bits per heavy atom. The summed E-state index contributed by atoms with van der Waals surface area (Å²) in [4.78, 5) is 30.9. The van der Waals surface area contributed by atoms with E-state index < -0.39 is 11.9 Å². The minimum absolute atomic E-state index is 0.183. The van der Waals surface area contributed by atoms with Gasteiger partial charge in [-0.3, -0.25) is 14.6 Å². The number of methoxy groups -OCH3 is 1. The molecule has 6 heteroatoms. The first-order chi connectivity index (χ1) is 12.6. The minimum Gasteiger partial charge on any atom is -0.468 e. The molecule has 1 aliphatic rings. The van der Waals surface area contributed by atoms with Crippen molar-refractivity contribution in [3.8, 4) is 10.4 Å². The first-order valence-electron chi connectivity index (χ1n) is 8.02. The molecule has 0 spiro atoms. The van der Waals surface area contributed by atoms with Crippen molar-refractivity contribution < 1.29 is 14.3 Å². The average molecular weight is 384 g/mol. The number of ether oxygens (including phenoxy) is 1. The Kier molecular flexibility index (Phi) is 4.34. The van der Waals surface area contributed by atoms with Gasteiger partial charge < -0.3 is 4.74 Å². The van der Waals surface area contributed by atoms with E-state index in [0.717, 1.165) is 21.6 Å². The van der Waals surface area contributed by atoms with Crippen molar-refractivity contribution in [1.82, 2.24) is 4.98 Å². The highest BCUT2D eigenvalue weighted by molar-refractivity contribution is 7.17. The predicted octanol–water partition coefficient (Wildman–Crippen LogP) is 4.58. The van der Waals surface area contributed by atoms with Crippen LogP contribution in [0.2, 0.25) is 5.02 Å². The van der Waals surface area contributed by atoms with Crippen LogP contribution in [0.5, 0.6) is 0 Å². The van der Waals surface area contributed by atoms with E-state index in [1.54, 1.807) is 24.5 Å². The molecular formula is C20H14ClNO3S. The largest absolute Gasteiger partial charge is 0.468 e. The van der Waals surface area contributed by atoms with Crippen molar-refractivity contribution in [3.05, 3.63) is 75.9 Å².